The van der Waals surface area contributed by atoms with Crippen molar-refractivity contribution in [1.29, 1.82) is 0 Å². The van der Waals surface area contributed by atoms with Crippen molar-refractivity contribution < 1.29 is 9.18 Å². The van der Waals surface area contributed by atoms with E-state index in [4.69, 9.17) is 0 Å². The summed E-state index contributed by atoms with van der Waals surface area (Å²) in [6.45, 7) is 3.58. The Labute approximate surface area is 254 Å². The first kappa shape index (κ1) is 28.9. The van der Waals surface area contributed by atoms with Gasteiger partial charge >= 0.3 is 0 Å². The fourth-order valence-corrected chi connectivity index (χ4v) is 5.17. The van der Waals surface area contributed by atoms with Crippen LogP contribution >= 0.6 is 0 Å². The maximum absolute atomic E-state index is 14.7. The summed E-state index contributed by atoms with van der Waals surface area (Å²) in [6.07, 6.45) is 10.9. The van der Waals surface area contributed by atoms with E-state index in [1.165, 1.54) is 12.1 Å². The zero-order valence-electron chi connectivity index (χ0n) is 24.9. The summed E-state index contributed by atoms with van der Waals surface area (Å²) in [7, 11) is 4.00. The maximum atomic E-state index is 14.7. The lowest BCUT2D eigenvalue weighted by molar-refractivity contribution is -0.116. The first-order chi connectivity index (χ1) is 21.4. The summed E-state index contributed by atoms with van der Waals surface area (Å²) in [6, 6.07) is 10.8. The van der Waals surface area contributed by atoms with Gasteiger partial charge in [-0.25, -0.2) is 4.39 Å². The molecule has 1 amide bonds. The number of amides is 1. The van der Waals surface area contributed by atoms with Crippen LogP contribution in [-0.4, -0.2) is 68.1 Å². The Balaban J connectivity index is 1.33. The van der Waals surface area contributed by atoms with Gasteiger partial charge in [-0.2, -0.15) is 5.10 Å². The third-order valence-corrected chi connectivity index (χ3v) is 7.42. The van der Waals surface area contributed by atoms with E-state index in [-0.39, 0.29) is 11.7 Å². The molecule has 0 saturated heterocycles. The van der Waals surface area contributed by atoms with Crippen molar-refractivity contribution in [3.8, 4) is 33.8 Å². The van der Waals surface area contributed by atoms with Gasteiger partial charge in [-0.3, -0.25) is 24.8 Å². The van der Waals surface area contributed by atoms with Gasteiger partial charge in [0.05, 0.1) is 46.7 Å². The van der Waals surface area contributed by atoms with Crippen LogP contribution in [0.15, 0.2) is 67.4 Å². The smallest absolute Gasteiger partial charge is 0.224 e. The SMILES string of the molecule is CCCCC(=O)Nc1cncc(-c2cc3c(-c4cc5c(-c6cc(F)cc(NCCN(C)C)c6)cncc5[nH]4)n[nH]c3cn2)c1. The summed E-state index contributed by atoms with van der Waals surface area (Å²) in [5.41, 5.74) is 7.44. The molecule has 224 valence electrons. The molecule has 10 nitrogen and oxygen atoms in total. The molecule has 5 heterocycles. The van der Waals surface area contributed by atoms with Crippen molar-refractivity contribution in [2.45, 2.75) is 26.2 Å². The number of nitrogens with one attached hydrogen (secondary N) is 4. The minimum Gasteiger partial charge on any atom is -0.384 e. The van der Waals surface area contributed by atoms with Crippen molar-refractivity contribution in [2.24, 2.45) is 0 Å². The Morgan fingerprint density at radius 1 is 0.909 bits per heavy atom. The molecule has 0 unspecified atom stereocenters. The summed E-state index contributed by atoms with van der Waals surface area (Å²) in [5.74, 6) is -0.353. The Morgan fingerprint density at radius 3 is 2.59 bits per heavy atom. The highest BCUT2D eigenvalue weighted by molar-refractivity contribution is 6.01. The highest BCUT2D eigenvalue weighted by Gasteiger charge is 2.16. The zero-order chi connectivity index (χ0) is 30.6. The Kier molecular flexibility index (Phi) is 8.29. The molecule has 6 rings (SSSR count). The van der Waals surface area contributed by atoms with Gasteiger partial charge in [-0.15, -0.1) is 0 Å². The molecule has 0 radical (unpaired) electrons. The number of hydrogen-bond acceptors (Lipinski definition) is 7. The fraction of sp³-hybridized carbons (Fsp3) is 0.242. The molecular weight excluding hydrogens is 557 g/mol. The van der Waals surface area contributed by atoms with Gasteiger partial charge in [-0.1, -0.05) is 13.3 Å². The molecule has 0 saturated carbocycles. The van der Waals surface area contributed by atoms with Crippen LogP contribution in [-0.2, 0) is 4.79 Å². The van der Waals surface area contributed by atoms with E-state index in [1.54, 1.807) is 31.0 Å². The Morgan fingerprint density at radius 2 is 1.75 bits per heavy atom. The average molecular weight is 592 g/mol. The van der Waals surface area contributed by atoms with Crippen LogP contribution in [0.4, 0.5) is 15.8 Å². The number of anilines is 2. The number of unbranched alkanes of at least 4 members (excludes halogenated alkanes) is 1. The third-order valence-electron chi connectivity index (χ3n) is 7.42. The van der Waals surface area contributed by atoms with Crippen molar-refractivity contribution in [3.63, 3.8) is 0 Å². The van der Waals surface area contributed by atoms with E-state index in [0.717, 1.165) is 63.6 Å². The minimum absolute atomic E-state index is 0.0333. The normalized spacial score (nSPS) is 11.5. The van der Waals surface area contributed by atoms with E-state index < -0.39 is 0 Å². The lowest BCUT2D eigenvalue weighted by Crippen LogP contribution is -2.20. The number of carbonyl (C=O) groups excluding carboxylic acids is 1. The molecule has 0 aliphatic carbocycles. The number of aromatic amines is 2. The second-order valence-corrected chi connectivity index (χ2v) is 11.1. The number of hydrogen-bond donors (Lipinski definition) is 4. The van der Waals surface area contributed by atoms with Crippen LogP contribution in [0.25, 0.3) is 55.6 Å². The van der Waals surface area contributed by atoms with Crippen molar-refractivity contribution >= 4 is 39.1 Å². The number of nitrogens with zero attached hydrogens (tertiary/aromatic N) is 5. The van der Waals surface area contributed by atoms with Crippen molar-refractivity contribution in [2.75, 3.05) is 37.8 Å². The quantitative estimate of drug-likeness (QED) is 0.136. The van der Waals surface area contributed by atoms with Gasteiger partial charge in [0.15, 0.2) is 0 Å². The molecule has 0 atom stereocenters. The minimum atomic E-state index is -0.319. The average Bonchev–Trinajstić information content (AvgIpc) is 3.63. The fourth-order valence-electron chi connectivity index (χ4n) is 5.17. The lowest BCUT2D eigenvalue weighted by Gasteiger charge is -2.13. The Hall–Kier alpha value is -5.16. The molecule has 0 fully saturated rings. The highest BCUT2D eigenvalue weighted by Crippen LogP contribution is 2.35. The number of aromatic nitrogens is 6. The van der Waals surface area contributed by atoms with Gasteiger partial charge in [0.1, 0.15) is 11.5 Å². The number of carbonyl (C=O) groups is 1. The standard InChI is InChI=1S/C33H34FN9O/c1-4-5-6-32(44)39-24-11-21(15-35-16-24)28-14-26-31(19-38-28)41-42-33(26)29-13-25-27(17-36-18-30(25)40-29)20-9-22(34)12-23(10-20)37-7-8-43(2)3/h9-19,37,40H,4-8H2,1-3H3,(H,39,44)(H,41,42). The largest absolute Gasteiger partial charge is 0.384 e. The topological polar surface area (TPSA) is 128 Å². The predicted octanol–water partition coefficient (Wildman–Crippen LogP) is 6.47. The first-order valence-corrected chi connectivity index (χ1v) is 14.6. The van der Waals surface area contributed by atoms with Crippen LogP contribution in [0.2, 0.25) is 0 Å². The highest BCUT2D eigenvalue weighted by atomic mass is 19.1. The number of rotatable bonds is 11. The Bertz CT molecular complexity index is 1950. The number of pyridine rings is 3. The second-order valence-electron chi connectivity index (χ2n) is 11.1. The van der Waals surface area contributed by atoms with Crippen LogP contribution in [0.3, 0.4) is 0 Å². The van der Waals surface area contributed by atoms with Crippen LogP contribution < -0.4 is 10.6 Å². The maximum Gasteiger partial charge on any atom is 0.224 e. The molecule has 4 N–H and O–H groups in total. The van der Waals surface area contributed by atoms with Gasteiger partial charge in [0.2, 0.25) is 5.91 Å². The lowest BCUT2D eigenvalue weighted by atomic mass is 10.0. The van der Waals surface area contributed by atoms with Crippen molar-refractivity contribution in [1.82, 2.24) is 35.0 Å². The van der Waals surface area contributed by atoms with Gasteiger partial charge in [0.25, 0.3) is 0 Å². The zero-order valence-corrected chi connectivity index (χ0v) is 24.9. The molecule has 5 aromatic heterocycles. The van der Waals surface area contributed by atoms with E-state index in [1.807, 2.05) is 38.4 Å². The van der Waals surface area contributed by atoms with Crippen molar-refractivity contribution in [3.05, 3.63) is 73.2 Å². The summed E-state index contributed by atoms with van der Waals surface area (Å²) >= 11 is 0. The molecular formula is C33H34FN9O. The molecule has 11 heteroatoms. The number of halogens is 1. The third kappa shape index (κ3) is 6.28. The second kappa shape index (κ2) is 12.6. The molecule has 0 aliphatic heterocycles. The van der Waals surface area contributed by atoms with Gasteiger partial charge < -0.3 is 20.5 Å². The predicted molar refractivity (Wildman–Crippen MR) is 173 cm³/mol. The van der Waals surface area contributed by atoms with E-state index in [2.05, 4.69) is 52.6 Å². The summed E-state index contributed by atoms with van der Waals surface area (Å²) in [4.78, 5) is 31.1. The molecule has 0 aliphatic rings. The molecule has 44 heavy (non-hydrogen) atoms. The van der Waals surface area contributed by atoms with Gasteiger partial charge in [-0.05, 0) is 62.5 Å². The number of fused-ring (bicyclic) bond motifs is 2. The van der Waals surface area contributed by atoms with Crippen LogP contribution in [0.5, 0.6) is 0 Å². The molecule has 0 bridgehead atoms. The van der Waals surface area contributed by atoms with Gasteiger partial charge in [0, 0.05) is 59.5 Å². The summed E-state index contributed by atoms with van der Waals surface area (Å²) in [5, 5.41) is 15.7. The molecule has 0 spiro atoms. The number of likely N-dealkylation sites (N-methyl/N-ethyl adjacent to an activating group) is 1. The first-order valence-electron chi connectivity index (χ1n) is 14.6. The van der Waals surface area contributed by atoms with Crippen LogP contribution in [0.1, 0.15) is 26.2 Å². The summed E-state index contributed by atoms with van der Waals surface area (Å²) < 4.78 is 14.7. The van der Waals surface area contributed by atoms with Crippen LogP contribution in [0, 0.1) is 5.82 Å². The van der Waals surface area contributed by atoms with E-state index in [9.17, 15) is 9.18 Å². The molecule has 6 aromatic rings. The van der Waals surface area contributed by atoms with E-state index >= 15 is 0 Å². The molecule has 1 aromatic carbocycles. The number of H-pyrrole nitrogens is 2. The number of benzene rings is 1. The monoisotopic (exact) mass is 591 g/mol. The van der Waals surface area contributed by atoms with E-state index in [0.29, 0.717) is 35.7 Å².